The van der Waals surface area contributed by atoms with E-state index in [0.717, 1.165) is 33.2 Å². The molecule has 0 unspecified atom stereocenters. The number of allylic oxidation sites excluding steroid dienone is 5. The molecule has 1 heterocycles. The van der Waals surface area contributed by atoms with Crippen molar-refractivity contribution in [2.45, 2.75) is 26.9 Å². The van der Waals surface area contributed by atoms with E-state index in [9.17, 15) is 4.79 Å². The van der Waals surface area contributed by atoms with Crippen LogP contribution in [0, 0.1) is 0 Å². The fourth-order valence-corrected chi connectivity index (χ4v) is 3.22. The summed E-state index contributed by atoms with van der Waals surface area (Å²) in [6.45, 7) is 8.23. The van der Waals surface area contributed by atoms with Crippen LogP contribution < -0.4 is 4.74 Å². The number of rotatable bonds is 8. The van der Waals surface area contributed by atoms with Gasteiger partial charge in [-0.15, -0.1) is 0 Å². The van der Waals surface area contributed by atoms with Gasteiger partial charge in [0.1, 0.15) is 17.9 Å². The molecule has 148 valence electrons. The molecule has 2 aromatic carbocycles. The minimum atomic E-state index is -0.885. The van der Waals surface area contributed by atoms with Crippen LogP contribution in [0.1, 0.15) is 30.5 Å². The highest BCUT2D eigenvalue weighted by Crippen LogP contribution is 2.30. The summed E-state index contributed by atoms with van der Waals surface area (Å²) >= 11 is 0. The number of furan rings is 1. The zero-order valence-corrected chi connectivity index (χ0v) is 16.6. The smallest absolute Gasteiger partial charge is 0.307 e. The fourth-order valence-electron chi connectivity index (χ4n) is 3.22. The van der Waals surface area contributed by atoms with Crippen LogP contribution in [0.4, 0.5) is 0 Å². The Hall–Kier alpha value is -3.53. The standard InChI is InChI=1S/C25H24O4/c1-4-7-19(12-17(2)3)22-14-18(13-21-10-11-28-25(21)22)16-29-23-9-6-5-8-20(23)15-24(26)27/h4-14H,2,15-16H2,1,3H3,(H,26,27)/b7-4?,19-12+. The van der Waals surface area contributed by atoms with Crippen LogP contribution >= 0.6 is 0 Å². The van der Waals surface area contributed by atoms with Gasteiger partial charge in [-0.25, -0.2) is 0 Å². The van der Waals surface area contributed by atoms with E-state index in [4.69, 9.17) is 14.3 Å². The number of aliphatic carboxylic acids is 1. The Morgan fingerprint density at radius 2 is 2.03 bits per heavy atom. The van der Waals surface area contributed by atoms with Crippen LogP contribution in [0.15, 0.2) is 83.5 Å². The number of carboxylic acid groups (broad SMARTS) is 1. The molecule has 4 nitrogen and oxygen atoms in total. The largest absolute Gasteiger partial charge is 0.489 e. The Bertz CT molecular complexity index is 1100. The van der Waals surface area contributed by atoms with E-state index in [1.54, 1.807) is 18.4 Å². The quantitative estimate of drug-likeness (QED) is 0.469. The highest BCUT2D eigenvalue weighted by molar-refractivity contribution is 5.93. The molecule has 0 saturated heterocycles. The molecule has 1 aromatic heterocycles. The summed E-state index contributed by atoms with van der Waals surface area (Å²) in [5.74, 6) is -0.307. The van der Waals surface area contributed by atoms with Gasteiger partial charge < -0.3 is 14.3 Å². The molecule has 0 spiro atoms. The molecule has 4 heteroatoms. The maximum Gasteiger partial charge on any atom is 0.307 e. The topological polar surface area (TPSA) is 59.7 Å². The van der Waals surface area contributed by atoms with Gasteiger partial charge in [-0.05, 0) is 49.2 Å². The summed E-state index contributed by atoms with van der Waals surface area (Å²) in [7, 11) is 0. The number of benzene rings is 2. The molecular formula is C25H24O4. The average molecular weight is 388 g/mol. The molecule has 0 bridgehead atoms. The Kier molecular flexibility index (Phi) is 6.35. The Balaban J connectivity index is 1.96. The van der Waals surface area contributed by atoms with E-state index in [-0.39, 0.29) is 6.42 Å². The van der Waals surface area contributed by atoms with E-state index in [0.29, 0.717) is 17.9 Å². The monoisotopic (exact) mass is 388 g/mol. The van der Waals surface area contributed by atoms with Crippen LogP contribution in [0.25, 0.3) is 16.5 Å². The van der Waals surface area contributed by atoms with Crippen molar-refractivity contribution in [3.63, 3.8) is 0 Å². The molecule has 3 aromatic rings. The summed E-state index contributed by atoms with van der Waals surface area (Å²) in [6.07, 6.45) is 7.63. The van der Waals surface area contributed by atoms with Gasteiger partial charge in [0.2, 0.25) is 0 Å². The minimum Gasteiger partial charge on any atom is -0.489 e. The molecule has 0 aliphatic carbocycles. The van der Waals surface area contributed by atoms with Gasteiger partial charge in [0, 0.05) is 16.5 Å². The van der Waals surface area contributed by atoms with Crippen molar-refractivity contribution in [1.29, 1.82) is 0 Å². The number of para-hydroxylation sites is 1. The maximum atomic E-state index is 11.1. The van der Waals surface area contributed by atoms with E-state index in [1.807, 2.05) is 62.4 Å². The molecule has 29 heavy (non-hydrogen) atoms. The third-order valence-corrected chi connectivity index (χ3v) is 4.38. The summed E-state index contributed by atoms with van der Waals surface area (Å²) in [6, 6.07) is 13.2. The molecule has 3 rings (SSSR count). The second-order valence-corrected chi connectivity index (χ2v) is 6.90. The highest BCUT2D eigenvalue weighted by atomic mass is 16.5. The van der Waals surface area contributed by atoms with Crippen molar-refractivity contribution >= 4 is 22.5 Å². The summed E-state index contributed by atoms with van der Waals surface area (Å²) in [4.78, 5) is 11.1. The predicted molar refractivity (Wildman–Crippen MR) is 116 cm³/mol. The number of carbonyl (C=O) groups is 1. The lowest BCUT2D eigenvalue weighted by atomic mass is 9.98. The zero-order valence-electron chi connectivity index (χ0n) is 16.6. The normalized spacial score (nSPS) is 11.9. The van der Waals surface area contributed by atoms with Crippen LogP contribution in [-0.2, 0) is 17.8 Å². The van der Waals surface area contributed by atoms with Gasteiger partial charge in [-0.2, -0.15) is 0 Å². The lowest BCUT2D eigenvalue weighted by molar-refractivity contribution is -0.136. The average Bonchev–Trinajstić information content (AvgIpc) is 3.14. The van der Waals surface area contributed by atoms with Crippen molar-refractivity contribution in [1.82, 2.24) is 0 Å². The third kappa shape index (κ3) is 5.05. The van der Waals surface area contributed by atoms with Crippen LogP contribution in [-0.4, -0.2) is 11.1 Å². The lowest BCUT2D eigenvalue weighted by Gasteiger charge is -2.12. The molecule has 0 aliphatic rings. The van der Waals surface area contributed by atoms with Gasteiger partial charge in [-0.3, -0.25) is 4.79 Å². The fraction of sp³-hybridized carbons (Fsp3) is 0.160. The van der Waals surface area contributed by atoms with Crippen molar-refractivity contribution < 1.29 is 19.1 Å². The first-order chi connectivity index (χ1) is 14.0. The van der Waals surface area contributed by atoms with Gasteiger partial charge >= 0.3 is 5.97 Å². The molecule has 1 N–H and O–H groups in total. The summed E-state index contributed by atoms with van der Waals surface area (Å²) < 4.78 is 11.7. The first kappa shape index (κ1) is 20.2. The SMILES string of the molecule is C=C(C)/C=C(\C=CC)c1cc(COc2ccccc2CC(=O)O)cc2ccoc12. The number of hydrogen-bond acceptors (Lipinski definition) is 3. The lowest BCUT2D eigenvalue weighted by Crippen LogP contribution is -2.04. The predicted octanol–water partition coefficient (Wildman–Crippen LogP) is 6.17. The van der Waals surface area contributed by atoms with Crippen molar-refractivity contribution in [3.8, 4) is 5.75 Å². The van der Waals surface area contributed by atoms with Crippen LogP contribution in [0.2, 0.25) is 0 Å². The molecule has 0 aliphatic heterocycles. The zero-order chi connectivity index (χ0) is 20.8. The third-order valence-electron chi connectivity index (χ3n) is 4.38. The van der Waals surface area contributed by atoms with Crippen molar-refractivity contribution in [3.05, 3.63) is 95.8 Å². The molecule has 0 fully saturated rings. The molecule has 0 radical (unpaired) electrons. The number of fused-ring (bicyclic) bond motifs is 1. The first-order valence-electron chi connectivity index (χ1n) is 9.41. The minimum absolute atomic E-state index is 0.0744. The number of hydrogen-bond donors (Lipinski definition) is 1. The van der Waals surface area contributed by atoms with Crippen molar-refractivity contribution in [2.24, 2.45) is 0 Å². The van der Waals surface area contributed by atoms with E-state index in [1.165, 1.54) is 0 Å². The molecule has 0 saturated carbocycles. The van der Waals surface area contributed by atoms with Gasteiger partial charge in [0.25, 0.3) is 0 Å². The highest BCUT2D eigenvalue weighted by Gasteiger charge is 2.12. The van der Waals surface area contributed by atoms with Crippen LogP contribution in [0.5, 0.6) is 5.75 Å². The number of ether oxygens (including phenoxy) is 1. The first-order valence-corrected chi connectivity index (χ1v) is 9.41. The van der Waals surface area contributed by atoms with Gasteiger partial charge in [0.05, 0.1) is 12.7 Å². The summed E-state index contributed by atoms with van der Waals surface area (Å²) in [5, 5.41) is 10.1. The second-order valence-electron chi connectivity index (χ2n) is 6.90. The van der Waals surface area contributed by atoms with Gasteiger partial charge in [-0.1, -0.05) is 48.6 Å². The number of carboxylic acids is 1. The Morgan fingerprint density at radius 1 is 1.24 bits per heavy atom. The van der Waals surface area contributed by atoms with Crippen LogP contribution in [0.3, 0.4) is 0 Å². The molecule has 0 amide bonds. The van der Waals surface area contributed by atoms with E-state index in [2.05, 4.69) is 6.58 Å². The van der Waals surface area contributed by atoms with Gasteiger partial charge in [0.15, 0.2) is 0 Å². The molecule has 0 atom stereocenters. The molecular weight excluding hydrogens is 364 g/mol. The maximum absolute atomic E-state index is 11.1. The van der Waals surface area contributed by atoms with E-state index >= 15 is 0 Å². The Morgan fingerprint density at radius 3 is 2.76 bits per heavy atom. The Labute approximate surface area is 170 Å². The van der Waals surface area contributed by atoms with Crippen molar-refractivity contribution in [2.75, 3.05) is 0 Å². The summed E-state index contributed by atoms with van der Waals surface area (Å²) in [5.41, 5.74) is 5.35. The second kappa shape index (κ2) is 9.11. The van der Waals surface area contributed by atoms with E-state index < -0.39 is 5.97 Å².